The number of para-hydroxylation sites is 1. The number of ether oxygens (including phenoxy) is 2. The summed E-state index contributed by atoms with van der Waals surface area (Å²) in [6, 6.07) is 8.80. The van der Waals surface area contributed by atoms with Gasteiger partial charge >= 0.3 is 12.3 Å². The van der Waals surface area contributed by atoms with Gasteiger partial charge in [-0.2, -0.15) is 0 Å². The Morgan fingerprint density at radius 3 is 2.43 bits per heavy atom. The SMILES string of the molecule is CCOC(=O)c1ccc(-c2ccccc2OC(F)(F)F)cc1F. The Labute approximate surface area is 129 Å². The molecule has 0 bridgehead atoms. The summed E-state index contributed by atoms with van der Waals surface area (Å²) >= 11 is 0. The lowest BCUT2D eigenvalue weighted by atomic mass is 10.0. The van der Waals surface area contributed by atoms with Crippen molar-refractivity contribution in [3.05, 3.63) is 53.8 Å². The van der Waals surface area contributed by atoms with Crippen LogP contribution in [0, 0.1) is 5.82 Å². The molecule has 2 aromatic rings. The summed E-state index contributed by atoms with van der Waals surface area (Å²) in [5.41, 5.74) is -0.0839. The van der Waals surface area contributed by atoms with Crippen LogP contribution in [0.3, 0.4) is 0 Å². The van der Waals surface area contributed by atoms with Crippen molar-refractivity contribution in [1.29, 1.82) is 0 Å². The molecule has 7 heteroatoms. The van der Waals surface area contributed by atoms with Crippen molar-refractivity contribution < 1.29 is 31.8 Å². The zero-order valence-corrected chi connectivity index (χ0v) is 12.0. The first-order valence-corrected chi connectivity index (χ1v) is 6.63. The highest BCUT2D eigenvalue weighted by Gasteiger charge is 2.32. The standard InChI is InChI=1S/C16H12F4O3/c1-2-22-15(21)12-8-7-10(9-13(12)17)11-5-3-4-6-14(11)23-16(18,19)20/h3-9H,2H2,1H3. The first-order chi connectivity index (χ1) is 10.8. The van der Waals surface area contributed by atoms with Crippen LogP contribution in [0.2, 0.25) is 0 Å². The van der Waals surface area contributed by atoms with Gasteiger partial charge in [0, 0.05) is 5.56 Å². The molecule has 0 amide bonds. The molecule has 0 aliphatic carbocycles. The van der Waals surface area contributed by atoms with Crippen molar-refractivity contribution in [2.75, 3.05) is 6.61 Å². The summed E-state index contributed by atoms with van der Waals surface area (Å²) < 4.78 is 59.9. The average molecular weight is 328 g/mol. The van der Waals surface area contributed by atoms with E-state index in [1.54, 1.807) is 6.92 Å². The van der Waals surface area contributed by atoms with Crippen molar-refractivity contribution in [3.8, 4) is 16.9 Å². The molecular formula is C16H12F4O3. The van der Waals surface area contributed by atoms with Crippen LogP contribution in [0.4, 0.5) is 17.6 Å². The lowest BCUT2D eigenvalue weighted by molar-refractivity contribution is -0.274. The van der Waals surface area contributed by atoms with E-state index in [-0.39, 0.29) is 23.3 Å². The van der Waals surface area contributed by atoms with Gasteiger partial charge in [0.1, 0.15) is 11.6 Å². The number of hydrogen-bond acceptors (Lipinski definition) is 3. The summed E-state index contributed by atoms with van der Waals surface area (Å²) in [5.74, 6) is -2.18. The molecule has 0 aromatic heterocycles. The smallest absolute Gasteiger partial charge is 0.462 e. The fourth-order valence-electron chi connectivity index (χ4n) is 1.98. The second-order valence-corrected chi connectivity index (χ2v) is 4.46. The van der Waals surface area contributed by atoms with Gasteiger partial charge in [0.25, 0.3) is 0 Å². The van der Waals surface area contributed by atoms with E-state index < -0.39 is 23.9 Å². The number of alkyl halides is 3. The largest absolute Gasteiger partial charge is 0.573 e. The predicted molar refractivity (Wildman–Crippen MR) is 74.5 cm³/mol. The first-order valence-electron chi connectivity index (χ1n) is 6.63. The zero-order valence-electron chi connectivity index (χ0n) is 12.0. The topological polar surface area (TPSA) is 35.5 Å². The molecule has 2 rings (SSSR count). The summed E-state index contributed by atoms with van der Waals surface area (Å²) in [6.45, 7) is 1.66. The minimum absolute atomic E-state index is 0.0548. The van der Waals surface area contributed by atoms with Crippen molar-refractivity contribution in [2.24, 2.45) is 0 Å². The number of benzene rings is 2. The number of halogens is 4. The maximum Gasteiger partial charge on any atom is 0.573 e. The Kier molecular flexibility index (Phi) is 4.88. The van der Waals surface area contributed by atoms with Gasteiger partial charge in [0.05, 0.1) is 12.2 Å². The van der Waals surface area contributed by atoms with Gasteiger partial charge in [-0.1, -0.05) is 24.3 Å². The number of rotatable bonds is 4. The van der Waals surface area contributed by atoms with Gasteiger partial charge in [-0.15, -0.1) is 13.2 Å². The molecule has 0 heterocycles. The van der Waals surface area contributed by atoms with E-state index in [0.717, 1.165) is 18.2 Å². The molecule has 0 radical (unpaired) electrons. The highest BCUT2D eigenvalue weighted by molar-refractivity contribution is 5.90. The van der Waals surface area contributed by atoms with Crippen LogP contribution < -0.4 is 4.74 Å². The fraction of sp³-hybridized carbons (Fsp3) is 0.188. The van der Waals surface area contributed by atoms with Gasteiger partial charge in [-0.05, 0) is 30.7 Å². The molecule has 0 unspecified atom stereocenters. The van der Waals surface area contributed by atoms with Gasteiger partial charge in [0.15, 0.2) is 0 Å². The third-order valence-electron chi connectivity index (χ3n) is 2.89. The minimum Gasteiger partial charge on any atom is -0.462 e. The Morgan fingerprint density at radius 1 is 1.13 bits per heavy atom. The fourth-order valence-corrected chi connectivity index (χ4v) is 1.98. The minimum atomic E-state index is -4.86. The van der Waals surface area contributed by atoms with Crippen LogP contribution in [-0.2, 0) is 4.74 Å². The molecular weight excluding hydrogens is 316 g/mol. The maximum absolute atomic E-state index is 14.0. The molecule has 0 spiro atoms. The monoisotopic (exact) mass is 328 g/mol. The van der Waals surface area contributed by atoms with Gasteiger partial charge < -0.3 is 9.47 Å². The summed E-state index contributed by atoms with van der Waals surface area (Å²) in [5, 5.41) is 0. The number of esters is 1. The third-order valence-corrected chi connectivity index (χ3v) is 2.89. The molecule has 0 N–H and O–H groups in total. The quantitative estimate of drug-likeness (QED) is 0.609. The maximum atomic E-state index is 14.0. The second-order valence-electron chi connectivity index (χ2n) is 4.46. The van der Waals surface area contributed by atoms with Crippen molar-refractivity contribution in [3.63, 3.8) is 0 Å². The van der Waals surface area contributed by atoms with E-state index in [1.165, 1.54) is 24.3 Å². The molecule has 0 atom stereocenters. The molecule has 3 nitrogen and oxygen atoms in total. The molecule has 23 heavy (non-hydrogen) atoms. The van der Waals surface area contributed by atoms with Crippen LogP contribution in [0.1, 0.15) is 17.3 Å². The summed E-state index contributed by atoms with van der Waals surface area (Å²) in [7, 11) is 0. The van der Waals surface area contributed by atoms with Gasteiger partial charge in [0.2, 0.25) is 0 Å². The molecule has 0 aliphatic heterocycles. The molecule has 0 saturated heterocycles. The number of carbonyl (C=O) groups excluding carboxylic acids is 1. The average Bonchev–Trinajstić information content (AvgIpc) is 2.46. The normalized spacial score (nSPS) is 11.2. The van der Waals surface area contributed by atoms with Crippen LogP contribution in [0.15, 0.2) is 42.5 Å². The lowest BCUT2D eigenvalue weighted by Gasteiger charge is -2.13. The Morgan fingerprint density at radius 2 is 1.83 bits per heavy atom. The van der Waals surface area contributed by atoms with Crippen LogP contribution in [0.5, 0.6) is 5.75 Å². The number of hydrogen-bond donors (Lipinski definition) is 0. The third kappa shape index (κ3) is 4.21. The van der Waals surface area contributed by atoms with Gasteiger partial charge in [-0.25, -0.2) is 9.18 Å². The molecule has 2 aromatic carbocycles. The highest BCUT2D eigenvalue weighted by atomic mass is 19.4. The van der Waals surface area contributed by atoms with Crippen LogP contribution in [-0.4, -0.2) is 18.9 Å². The second kappa shape index (κ2) is 6.68. The van der Waals surface area contributed by atoms with Gasteiger partial charge in [-0.3, -0.25) is 0 Å². The highest BCUT2D eigenvalue weighted by Crippen LogP contribution is 2.34. The Hall–Kier alpha value is -2.57. The van der Waals surface area contributed by atoms with Crippen LogP contribution in [0.25, 0.3) is 11.1 Å². The summed E-state index contributed by atoms with van der Waals surface area (Å²) in [4.78, 5) is 11.5. The zero-order chi connectivity index (χ0) is 17.0. The molecule has 0 aliphatic rings. The summed E-state index contributed by atoms with van der Waals surface area (Å²) in [6.07, 6.45) is -4.86. The molecule has 0 fully saturated rings. The Bertz CT molecular complexity index is 711. The number of carbonyl (C=O) groups is 1. The van der Waals surface area contributed by atoms with E-state index in [9.17, 15) is 22.4 Å². The van der Waals surface area contributed by atoms with E-state index in [1.807, 2.05) is 0 Å². The van der Waals surface area contributed by atoms with Crippen molar-refractivity contribution in [1.82, 2.24) is 0 Å². The van der Waals surface area contributed by atoms with E-state index in [0.29, 0.717) is 0 Å². The van der Waals surface area contributed by atoms with Crippen molar-refractivity contribution in [2.45, 2.75) is 13.3 Å². The first kappa shape index (κ1) is 16.8. The van der Waals surface area contributed by atoms with Crippen LogP contribution >= 0.6 is 0 Å². The lowest BCUT2D eigenvalue weighted by Crippen LogP contribution is -2.17. The van der Waals surface area contributed by atoms with E-state index >= 15 is 0 Å². The predicted octanol–water partition coefficient (Wildman–Crippen LogP) is 4.57. The van der Waals surface area contributed by atoms with E-state index in [4.69, 9.17) is 4.74 Å². The van der Waals surface area contributed by atoms with E-state index in [2.05, 4.69) is 4.74 Å². The Balaban J connectivity index is 2.40. The van der Waals surface area contributed by atoms with Crippen molar-refractivity contribution >= 4 is 5.97 Å². The molecule has 0 saturated carbocycles. The molecule has 122 valence electrons.